The molecule has 108 valence electrons. The van der Waals surface area contributed by atoms with Gasteiger partial charge < -0.3 is 15.4 Å². The Morgan fingerprint density at radius 2 is 2.15 bits per heavy atom. The van der Waals surface area contributed by atoms with Gasteiger partial charge in [-0.3, -0.25) is 4.79 Å². The number of halogens is 1. The van der Waals surface area contributed by atoms with Crippen molar-refractivity contribution in [2.45, 2.75) is 18.9 Å². The minimum atomic E-state index is 0.0577. The number of carbonyl (C=O) groups is 1. The van der Waals surface area contributed by atoms with E-state index < -0.39 is 0 Å². The van der Waals surface area contributed by atoms with Gasteiger partial charge >= 0.3 is 0 Å². The van der Waals surface area contributed by atoms with E-state index in [0.29, 0.717) is 17.6 Å². The summed E-state index contributed by atoms with van der Waals surface area (Å²) in [7, 11) is 0. The molecule has 4 nitrogen and oxygen atoms in total. The highest BCUT2D eigenvalue weighted by Crippen LogP contribution is 2.37. The summed E-state index contributed by atoms with van der Waals surface area (Å²) in [5.74, 6) is 1.85. The molecule has 0 bridgehead atoms. The van der Waals surface area contributed by atoms with Crippen molar-refractivity contribution in [2.75, 3.05) is 19.7 Å². The van der Waals surface area contributed by atoms with Crippen LogP contribution in [0.2, 0.25) is 0 Å². The second kappa shape index (κ2) is 5.74. The maximum Gasteiger partial charge on any atom is 0.260 e. The maximum atomic E-state index is 12.2. The van der Waals surface area contributed by atoms with Gasteiger partial charge in [0, 0.05) is 19.1 Å². The monoisotopic (exact) mass is 338 g/mol. The van der Waals surface area contributed by atoms with Gasteiger partial charge in [0.25, 0.3) is 5.91 Å². The van der Waals surface area contributed by atoms with E-state index in [0.717, 1.165) is 30.4 Å². The van der Waals surface area contributed by atoms with E-state index in [4.69, 9.17) is 10.5 Å². The number of ether oxygens (including phenoxy) is 1. The lowest BCUT2D eigenvalue weighted by molar-refractivity contribution is -0.132. The number of amides is 1. The first-order valence-electron chi connectivity index (χ1n) is 7.06. The smallest absolute Gasteiger partial charge is 0.260 e. The summed E-state index contributed by atoms with van der Waals surface area (Å²) in [6.45, 7) is 1.73. The Morgan fingerprint density at radius 1 is 1.35 bits per heavy atom. The molecule has 3 unspecified atom stereocenters. The molecule has 1 saturated heterocycles. The van der Waals surface area contributed by atoms with Crippen LogP contribution in [-0.2, 0) is 4.79 Å². The molecule has 5 heteroatoms. The van der Waals surface area contributed by atoms with Crippen molar-refractivity contribution in [1.29, 1.82) is 0 Å². The van der Waals surface area contributed by atoms with Gasteiger partial charge in [0.1, 0.15) is 5.75 Å². The van der Waals surface area contributed by atoms with Gasteiger partial charge in [0.2, 0.25) is 0 Å². The minimum Gasteiger partial charge on any atom is -0.483 e. The van der Waals surface area contributed by atoms with Gasteiger partial charge in [-0.05, 0) is 52.7 Å². The fourth-order valence-electron chi connectivity index (χ4n) is 3.30. The number of para-hydroxylation sites is 1. The topological polar surface area (TPSA) is 55.6 Å². The summed E-state index contributed by atoms with van der Waals surface area (Å²) < 4.78 is 6.46. The van der Waals surface area contributed by atoms with E-state index in [1.54, 1.807) is 0 Å². The third-order valence-corrected chi connectivity index (χ3v) is 5.11. The lowest BCUT2D eigenvalue weighted by atomic mass is 9.98. The first kappa shape index (κ1) is 13.9. The molecule has 2 fully saturated rings. The maximum absolute atomic E-state index is 12.2. The Bertz CT molecular complexity index is 508. The van der Waals surface area contributed by atoms with E-state index in [1.165, 1.54) is 0 Å². The van der Waals surface area contributed by atoms with Crippen molar-refractivity contribution in [1.82, 2.24) is 4.90 Å². The molecule has 1 saturated carbocycles. The average molecular weight is 339 g/mol. The molecule has 1 heterocycles. The molecule has 2 aliphatic rings. The Balaban J connectivity index is 1.55. The number of hydrogen-bond acceptors (Lipinski definition) is 3. The summed E-state index contributed by atoms with van der Waals surface area (Å²) in [4.78, 5) is 14.1. The van der Waals surface area contributed by atoms with Crippen LogP contribution in [0.3, 0.4) is 0 Å². The Labute approximate surface area is 127 Å². The number of rotatable bonds is 3. The predicted octanol–water partition coefficient (Wildman–Crippen LogP) is 2.02. The predicted molar refractivity (Wildman–Crippen MR) is 80.4 cm³/mol. The fraction of sp³-hybridized carbons (Fsp3) is 0.533. The van der Waals surface area contributed by atoms with E-state index in [2.05, 4.69) is 15.9 Å². The largest absolute Gasteiger partial charge is 0.483 e. The molecule has 1 aliphatic heterocycles. The molecule has 20 heavy (non-hydrogen) atoms. The lowest BCUT2D eigenvalue weighted by Gasteiger charge is -2.19. The molecule has 1 aromatic carbocycles. The van der Waals surface area contributed by atoms with Crippen LogP contribution in [0.5, 0.6) is 5.75 Å². The molecular weight excluding hydrogens is 320 g/mol. The molecule has 1 aliphatic carbocycles. The van der Waals surface area contributed by atoms with Crippen molar-refractivity contribution in [3.63, 3.8) is 0 Å². The number of benzene rings is 1. The summed E-state index contributed by atoms with van der Waals surface area (Å²) in [6, 6.07) is 7.83. The zero-order valence-electron chi connectivity index (χ0n) is 11.3. The highest BCUT2D eigenvalue weighted by Gasteiger charge is 2.42. The van der Waals surface area contributed by atoms with E-state index >= 15 is 0 Å². The summed E-state index contributed by atoms with van der Waals surface area (Å²) >= 11 is 3.41. The Kier molecular flexibility index (Phi) is 3.98. The first-order valence-corrected chi connectivity index (χ1v) is 7.85. The number of likely N-dealkylation sites (tertiary alicyclic amines) is 1. The average Bonchev–Trinajstić information content (AvgIpc) is 3.00. The Morgan fingerprint density at radius 3 is 2.90 bits per heavy atom. The van der Waals surface area contributed by atoms with Crippen molar-refractivity contribution < 1.29 is 9.53 Å². The summed E-state index contributed by atoms with van der Waals surface area (Å²) in [6.07, 6.45) is 2.26. The SMILES string of the molecule is NC1CCC2CN(C(=O)COc3ccccc3Br)CC12. The molecule has 1 amide bonds. The van der Waals surface area contributed by atoms with Crippen molar-refractivity contribution >= 4 is 21.8 Å². The molecule has 1 aromatic rings. The van der Waals surface area contributed by atoms with Crippen LogP contribution in [0.25, 0.3) is 0 Å². The third kappa shape index (κ3) is 2.69. The number of fused-ring (bicyclic) bond motifs is 1. The van der Waals surface area contributed by atoms with Crippen LogP contribution in [0, 0.1) is 11.8 Å². The van der Waals surface area contributed by atoms with Gasteiger partial charge in [-0.25, -0.2) is 0 Å². The standard InChI is InChI=1S/C15H19BrN2O2/c16-12-3-1-2-4-14(12)20-9-15(19)18-7-10-5-6-13(17)11(10)8-18/h1-4,10-11,13H,5-9,17H2. The summed E-state index contributed by atoms with van der Waals surface area (Å²) in [5.41, 5.74) is 6.09. The number of nitrogens with two attached hydrogens (primary N) is 1. The minimum absolute atomic E-state index is 0.0577. The quantitative estimate of drug-likeness (QED) is 0.917. The second-order valence-electron chi connectivity index (χ2n) is 5.68. The molecule has 3 rings (SSSR count). The highest BCUT2D eigenvalue weighted by atomic mass is 79.9. The molecule has 0 spiro atoms. The fourth-order valence-corrected chi connectivity index (χ4v) is 3.70. The zero-order chi connectivity index (χ0) is 14.1. The van der Waals surface area contributed by atoms with Gasteiger partial charge in [-0.2, -0.15) is 0 Å². The molecule has 0 radical (unpaired) electrons. The molecular formula is C15H19BrN2O2. The van der Waals surface area contributed by atoms with Crippen LogP contribution < -0.4 is 10.5 Å². The normalized spacial score (nSPS) is 28.5. The molecule has 3 atom stereocenters. The van der Waals surface area contributed by atoms with Gasteiger partial charge in [-0.1, -0.05) is 12.1 Å². The molecule has 2 N–H and O–H groups in total. The van der Waals surface area contributed by atoms with Crippen LogP contribution in [-0.4, -0.2) is 36.5 Å². The van der Waals surface area contributed by atoms with Crippen LogP contribution in [0.4, 0.5) is 0 Å². The van der Waals surface area contributed by atoms with E-state index in [9.17, 15) is 4.79 Å². The van der Waals surface area contributed by atoms with Crippen molar-refractivity contribution in [2.24, 2.45) is 17.6 Å². The lowest BCUT2D eigenvalue weighted by Crippen LogP contribution is -2.36. The van der Waals surface area contributed by atoms with Crippen LogP contribution >= 0.6 is 15.9 Å². The van der Waals surface area contributed by atoms with E-state index in [-0.39, 0.29) is 18.6 Å². The molecule has 0 aromatic heterocycles. The summed E-state index contributed by atoms with van der Waals surface area (Å²) in [5, 5.41) is 0. The third-order valence-electron chi connectivity index (χ3n) is 4.45. The zero-order valence-corrected chi connectivity index (χ0v) is 12.9. The second-order valence-corrected chi connectivity index (χ2v) is 6.54. The number of hydrogen-bond donors (Lipinski definition) is 1. The first-order chi connectivity index (χ1) is 9.65. The van der Waals surface area contributed by atoms with E-state index in [1.807, 2.05) is 29.2 Å². The number of carbonyl (C=O) groups excluding carboxylic acids is 1. The van der Waals surface area contributed by atoms with Crippen LogP contribution in [0.15, 0.2) is 28.7 Å². The van der Waals surface area contributed by atoms with Crippen molar-refractivity contribution in [3.05, 3.63) is 28.7 Å². The highest BCUT2D eigenvalue weighted by molar-refractivity contribution is 9.10. The van der Waals surface area contributed by atoms with Gasteiger partial charge in [0.05, 0.1) is 4.47 Å². The number of nitrogens with zero attached hydrogens (tertiary/aromatic N) is 1. The van der Waals surface area contributed by atoms with Gasteiger partial charge in [-0.15, -0.1) is 0 Å². The van der Waals surface area contributed by atoms with Gasteiger partial charge in [0.15, 0.2) is 6.61 Å². The Hall–Kier alpha value is -1.07. The van der Waals surface area contributed by atoms with Crippen LogP contribution in [0.1, 0.15) is 12.8 Å². The van der Waals surface area contributed by atoms with Crippen molar-refractivity contribution in [3.8, 4) is 5.75 Å².